The third-order valence-electron chi connectivity index (χ3n) is 5.02. The van der Waals surface area contributed by atoms with Crippen LogP contribution in [0.4, 0.5) is 0 Å². The lowest BCUT2D eigenvalue weighted by Gasteiger charge is -2.14. The Bertz CT molecular complexity index is 1450. The number of hydrogen-bond donors (Lipinski definition) is 0. The average molecular weight is 488 g/mol. The molecule has 162 valence electrons. The fourth-order valence-electron chi connectivity index (χ4n) is 3.42. The standard InChI is InChI=1S/C25H17N3O2S3/c29-23-19(15-20-24(30)28(25(31)33-20)16-17-9-3-1-4-10-17)22(32-18-11-5-2-6-12-18)26-21-13-7-8-14-27(21)23/h1-15H,16H2/b20-15-. The lowest BCUT2D eigenvalue weighted by Crippen LogP contribution is -2.27. The lowest BCUT2D eigenvalue weighted by molar-refractivity contribution is -0.122. The molecule has 3 heterocycles. The van der Waals surface area contributed by atoms with Crippen molar-refractivity contribution in [3.8, 4) is 0 Å². The molecule has 0 bridgehead atoms. The summed E-state index contributed by atoms with van der Waals surface area (Å²) in [5.74, 6) is -0.206. The molecule has 4 aromatic rings. The Kier molecular flexibility index (Phi) is 6.13. The second-order valence-electron chi connectivity index (χ2n) is 7.23. The van der Waals surface area contributed by atoms with Gasteiger partial charge in [-0.25, -0.2) is 4.98 Å². The first kappa shape index (κ1) is 21.6. The largest absolute Gasteiger partial charge is 0.288 e. The van der Waals surface area contributed by atoms with Crippen LogP contribution in [0.5, 0.6) is 0 Å². The van der Waals surface area contributed by atoms with E-state index in [0.29, 0.717) is 32.0 Å². The van der Waals surface area contributed by atoms with Crippen LogP contribution in [0.15, 0.2) is 105 Å². The maximum absolute atomic E-state index is 13.4. The average Bonchev–Trinajstić information content (AvgIpc) is 3.10. The number of thiocarbonyl (C=S) groups is 1. The van der Waals surface area contributed by atoms with Crippen molar-refractivity contribution in [3.05, 3.63) is 111 Å². The molecule has 0 unspecified atom stereocenters. The van der Waals surface area contributed by atoms with Crippen LogP contribution in [0.25, 0.3) is 11.7 Å². The Morgan fingerprint density at radius 2 is 1.64 bits per heavy atom. The van der Waals surface area contributed by atoms with Gasteiger partial charge in [0.05, 0.1) is 17.0 Å². The van der Waals surface area contributed by atoms with E-state index in [1.54, 1.807) is 29.3 Å². The van der Waals surface area contributed by atoms with E-state index >= 15 is 0 Å². The quantitative estimate of drug-likeness (QED) is 0.218. The summed E-state index contributed by atoms with van der Waals surface area (Å²) in [5, 5.41) is 0.547. The van der Waals surface area contributed by atoms with E-state index in [0.717, 1.165) is 10.5 Å². The summed E-state index contributed by atoms with van der Waals surface area (Å²) in [6.45, 7) is 0.392. The predicted octanol–water partition coefficient (Wildman–Crippen LogP) is 5.25. The molecule has 33 heavy (non-hydrogen) atoms. The van der Waals surface area contributed by atoms with Crippen molar-refractivity contribution in [1.29, 1.82) is 0 Å². The first-order valence-corrected chi connectivity index (χ1v) is 12.2. The van der Waals surface area contributed by atoms with E-state index < -0.39 is 0 Å². The van der Waals surface area contributed by atoms with Crippen molar-refractivity contribution in [2.24, 2.45) is 0 Å². The molecule has 0 spiro atoms. The number of pyridine rings is 1. The number of carbonyl (C=O) groups is 1. The minimum atomic E-state index is -0.229. The molecule has 0 N–H and O–H groups in total. The Balaban J connectivity index is 1.56. The number of hydrogen-bond acceptors (Lipinski definition) is 6. The van der Waals surface area contributed by atoms with E-state index in [-0.39, 0.29) is 11.5 Å². The molecule has 0 aliphatic carbocycles. The highest BCUT2D eigenvalue weighted by Gasteiger charge is 2.32. The highest BCUT2D eigenvalue weighted by molar-refractivity contribution is 8.26. The summed E-state index contributed by atoms with van der Waals surface area (Å²) in [6, 6.07) is 24.8. The van der Waals surface area contributed by atoms with E-state index in [2.05, 4.69) is 0 Å². The number of benzene rings is 2. The molecule has 1 fully saturated rings. The summed E-state index contributed by atoms with van der Waals surface area (Å²) >= 11 is 8.09. The second kappa shape index (κ2) is 9.35. The Morgan fingerprint density at radius 3 is 2.39 bits per heavy atom. The fraction of sp³-hybridized carbons (Fsp3) is 0.0400. The summed E-state index contributed by atoms with van der Waals surface area (Å²) in [5.41, 5.74) is 1.68. The molecule has 1 aliphatic rings. The van der Waals surface area contributed by atoms with Gasteiger partial charge in [0.1, 0.15) is 15.0 Å². The summed E-state index contributed by atoms with van der Waals surface area (Å²) in [6.07, 6.45) is 3.31. The molecule has 2 aromatic carbocycles. The van der Waals surface area contributed by atoms with Crippen LogP contribution in [0.2, 0.25) is 0 Å². The van der Waals surface area contributed by atoms with Gasteiger partial charge in [-0.2, -0.15) is 0 Å². The van der Waals surface area contributed by atoms with Crippen LogP contribution in [0.1, 0.15) is 11.1 Å². The normalized spacial score (nSPS) is 15.0. The van der Waals surface area contributed by atoms with Crippen molar-refractivity contribution in [2.75, 3.05) is 0 Å². The van der Waals surface area contributed by atoms with E-state index in [4.69, 9.17) is 17.2 Å². The van der Waals surface area contributed by atoms with Gasteiger partial charge in [-0.15, -0.1) is 0 Å². The number of amides is 1. The van der Waals surface area contributed by atoms with Crippen molar-refractivity contribution >= 4 is 57.7 Å². The van der Waals surface area contributed by atoms with Crippen molar-refractivity contribution in [1.82, 2.24) is 14.3 Å². The van der Waals surface area contributed by atoms with Gasteiger partial charge in [0.25, 0.3) is 11.5 Å². The number of fused-ring (bicyclic) bond motifs is 1. The first-order valence-electron chi connectivity index (χ1n) is 10.1. The third kappa shape index (κ3) is 4.50. The van der Waals surface area contributed by atoms with E-state index in [1.807, 2.05) is 66.7 Å². The molecule has 1 amide bonds. The van der Waals surface area contributed by atoms with Crippen LogP contribution in [-0.4, -0.2) is 24.5 Å². The number of nitrogens with zero attached hydrogens (tertiary/aromatic N) is 3. The fourth-order valence-corrected chi connectivity index (χ4v) is 5.57. The van der Waals surface area contributed by atoms with E-state index in [1.165, 1.54) is 27.9 Å². The van der Waals surface area contributed by atoms with Crippen LogP contribution >= 0.6 is 35.7 Å². The van der Waals surface area contributed by atoms with Crippen molar-refractivity contribution in [2.45, 2.75) is 16.5 Å². The molecule has 1 saturated heterocycles. The van der Waals surface area contributed by atoms with Gasteiger partial charge in [0.15, 0.2) is 0 Å². The highest BCUT2D eigenvalue weighted by atomic mass is 32.2. The molecule has 8 heteroatoms. The second-order valence-corrected chi connectivity index (χ2v) is 9.97. The Morgan fingerprint density at radius 1 is 0.939 bits per heavy atom. The maximum atomic E-state index is 13.4. The highest BCUT2D eigenvalue weighted by Crippen LogP contribution is 2.35. The third-order valence-corrected chi connectivity index (χ3v) is 7.41. The number of thioether (sulfide) groups is 1. The molecule has 2 aromatic heterocycles. The van der Waals surface area contributed by atoms with Crippen LogP contribution in [0.3, 0.4) is 0 Å². The smallest absolute Gasteiger partial charge is 0.266 e. The van der Waals surface area contributed by atoms with Gasteiger partial charge < -0.3 is 0 Å². The van der Waals surface area contributed by atoms with E-state index in [9.17, 15) is 9.59 Å². The minimum Gasteiger partial charge on any atom is -0.288 e. The molecule has 5 nitrogen and oxygen atoms in total. The van der Waals surface area contributed by atoms with Crippen LogP contribution in [-0.2, 0) is 11.3 Å². The van der Waals surface area contributed by atoms with Crippen molar-refractivity contribution < 1.29 is 4.79 Å². The Hall–Kier alpha value is -3.20. The van der Waals surface area contributed by atoms with Crippen LogP contribution < -0.4 is 5.56 Å². The zero-order valence-electron chi connectivity index (χ0n) is 17.3. The molecule has 5 rings (SSSR count). The van der Waals surface area contributed by atoms with Gasteiger partial charge in [-0.1, -0.05) is 90.3 Å². The summed E-state index contributed by atoms with van der Waals surface area (Å²) < 4.78 is 1.97. The van der Waals surface area contributed by atoms with Gasteiger partial charge in [-0.05, 0) is 35.9 Å². The zero-order valence-corrected chi connectivity index (χ0v) is 19.7. The maximum Gasteiger partial charge on any atom is 0.266 e. The molecule has 0 atom stereocenters. The lowest BCUT2D eigenvalue weighted by atomic mass is 10.2. The SMILES string of the molecule is O=C1/C(=C/c2c(Sc3ccccc3)nc3ccccn3c2=O)SC(=S)N1Cc1ccccc1. The zero-order chi connectivity index (χ0) is 22.8. The summed E-state index contributed by atoms with van der Waals surface area (Å²) in [7, 11) is 0. The first-order chi connectivity index (χ1) is 16.1. The van der Waals surface area contributed by atoms with Gasteiger partial charge in [-0.3, -0.25) is 18.9 Å². The van der Waals surface area contributed by atoms with Gasteiger partial charge in [0, 0.05) is 11.1 Å². The molecule has 0 saturated carbocycles. The van der Waals surface area contributed by atoms with Crippen molar-refractivity contribution in [3.63, 3.8) is 0 Å². The van der Waals surface area contributed by atoms with Gasteiger partial charge >= 0.3 is 0 Å². The number of rotatable bonds is 5. The Labute approximate surface area is 204 Å². The summed E-state index contributed by atoms with van der Waals surface area (Å²) in [4.78, 5) is 34.2. The topological polar surface area (TPSA) is 54.7 Å². The molecular formula is C25H17N3O2S3. The molecule has 1 aliphatic heterocycles. The van der Waals surface area contributed by atoms with Crippen LogP contribution in [0, 0.1) is 0 Å². The van der Waals surface area contributed by atoms with Gasteiger partial charge in [0.2, 0.25) is 0 Å². The number of carbonyl (C=O) groups excluding carboxylic acids is 1. The minimum absolute atomic E-state index is 0.206. The predicted molar refractivity (Wildman–Crippen MR) is 137 cm³/mol. The molecule has 0 radical (unpaired) electrons. The molecular weight excluding hydrogens is 470 g/mol. The monoisotopic (exact) mass is 487 g/mol. The number of aromatic nitrogens is 2.